The van der Waals surface area contributed by atoms with Crippen LogP contribution in [0.2, 0.25) is 0 Å². The Balaban J connectivity index is 2.39. The van der Waals surface area contributed by atoms with Crippen LogP contribution in [-0.4, -0.2) is 40.6 Å². The highest BCUT2D eigenvalue weighted by Crippen LogP contribution is 2.18. The Morgan fingerprint density at radius 2 is 1.79 bits per heavy atom. The van der Waals surface area contributed by atoms with Gasteiger partial charge in [0.15, 0.2) is 0 Å². The van der Waals surface area contributed by atoms with Gasteiger partial charge in [-0.15, -0.1) is 23.2 Å². The van der Waals surface area contributed by atoms with E-state index < -0.39 is 0 Å². The van der Waals surface area contributed by atoms with Crippen molar-refractivity contribution in [2.45, 2.75) is 0 Å². The van der Waals surface area contributed by atoms with Crippen LogP contribution in [0.15, 0.2) is 36.5 Å². The lowest BCUT2D eigenvalue weighted by atomic mass is 10.1. The fraction of sp³-hybridized carbons (Fsp3) is 0.286. The molecule has 0 radical (unpaired) electrons. The van der Waals surface area contributed by atoms with Gasteiger partial charge in [-0.05, 0) is 12.1 Å². The van der Waals surface area contributed by atoms with Crippen LogP contribution in [0.1, 0.15) is 10.4 Å². The van der Waals surface area contributed by atoms with E-state index in [0.717, 1.165) is 10.9 Å². The van der Waals surface area contributed by atoms with E-state index in [1.165, 1.54) is 0 Å². The fourth-order valence-corrected chi connectivity index (χ4v) is 2.38. The number of para-hydroxylation sites is 1. The van der Waals surface area contributed by atoms with Gasteiger partial charge in [0.2, 0.25) is 0 Å². The van der Waals surface area contributed by atoms with E-state index in [2.05, 4.69) is 4.98 Å². The van der Waals surface area contributed by atoms with Gasteiger partial charge in [-0.2, -0.15) is 0 Å². The molecule has 0 unspecified atom stereocenters. The third kappa shape index (κ3) is 3.17. The molecule has 100 valence electrons. The van der Waals surface area contributed by atoms with Crippen molar-refractivity contribution < 1.29 is 4.79 Å². The number of amides is 1. The average molecular weight is 297 g/mol. The molecule has 0 aliphatic rings. The molecular formula is C14H14Cl2N2O. The van der Waals surface area contributed by atoms with Gasteiger partial charge in [-0.3, -0.25) is 9.78 Å². The van der Waals surface area contributed by atoms with Crippen LogP contribution in [-0.2, 0) is 0 Å². The summed E-state index contributed by atoms with van der Waals surface area (Å²) in [6.07, 6.45) is 1.65. The lowest BCUT2D eigenvalue weighted by molar-refractivity contribution is 0.0777. The van der Waals surface area contributed by atoms with Gasteiger partial charge in [0.25, 0.3) is 5.91 Å². The number of nitrogens with zero attached hydrogens (tertiary/aromatic N) is 2. The zero-order valence-corrected chi connectivity index (χ0v) is 11.9. The van der Waals surface area contributed by atoms with E-state index in [4.69, 9.17) is 23.2 Å². The van der Waals surface area contributed by atoms with E-state index in [-0.39, 0.29) is 5.91 Å². The second-order valence-electron chi connectivity index (χ2n) is 4.05. The van der Waals surface area contributed by atoms with Crippen molar-refractivity contribution >= 4 is 40.0 Å². The van der Waals surface area contributed by atoms with Crippen LogP contribution in [0.25, 0.3) is 10.9 Å². The van der Waals surface area contributed by atoms with Crippen molar-refractivity contribution in [2.75, 3.05) is 24.8 Å². The molecule has 1 aromatic heterocycles. The fourth-order valence-electron chi connectivity index (χ4n) is 1.97. The topological polar surface area (TPSA) is 33.2 Å². The molecule has 0 bridgehead atoms. The molecule has 0 saturated heterocycles. The number of fused-ring (bicyclic) bond motifs is 1. The van der Waals surface area contributed by atoms with Crippen molar-refractivity contribution in [3.63, 3.8) is 0 Å². The highest BCUT2D eigenvalue weighted by molar-refractivity contribution is 6.19. The molecule has 1 heterocycles. The Kier molecular flexibility index (Phi) is 5.00. The first-order chi connectivity index (χ1) is 9.27. The Labute approximate surface area is 122 Å². The molecule has 0 spiro atoms. The SMILES string of the molecule is O=C(c1ccnc2ccccc12)N(CCCl)CCCl. The van der Waals surface area contributed by atoms with Crippen LogP contribution in [0.4, 0.5) is 0 Å². The molecular weight excluding hydrogens is 283 g/mol. The van der Waals surface area contributed by atoms with Crippen LogP contribution in [0.3, 0.4) is 0 Å². The Morgan fingerprint density at radius 1 is 1.11 bits per heavy atom. The number of alkyl halides is 2. The summed E-state index contributed by atoms with van der Waals surface area (Å²) >= 11 is 11.5. The molecule has 0 fully saturated rings. The minimum Gasteiger partial charge on any atom is -0.336 e. The summed E-state index contributed by atoms with van der Waals surface area (Å²) in [5.41, 5.74) is 1.45. The Morgan fingerprint density at radius 3 is 2.47 bits per heavy atom. The van der Waals surface area contributed by atoms with Crippen molar-refractivity contribution in [1.82, 2.24) is 9.88 Å². The maximum absolute atomic E-state index is 12.5. The van der Waals surface area contributed by atoms with Gasteiger partial charge in [0.05, 0.1) is 11.1 Å². The van der Waals surface area contributed by atoms with Crippen molar-refractivity contribution in [1.29, 1.82) is 0 Å². The van der Waals surface area contributed by atoms with Gasteiger partial charge in [-0.25, -0.2) is 0 Å². The first-order valence-corrected chi connectivity index (χ1v) is 7.09. The molecule has 0 aliphatic heterocycles. The molecule has 0 aliphatic carbocycles. The standard InChI is InChI=1S/C14H14Cl2N2O/c15-6-9-18(10-7-16)14(19)12-5-8-17-13-4-2-1-3-11(12)13/h1-5,8H,6-7,9-10H2. The van der Waals surface area contributed by atoms with Crippen LogP contribution < -0.4 is 0 Å². The second kappa shape index (κ2) is 6.73. The average Bonchev–Trinajstić information content (AvgIpc) is 2.46. The Bertz CT molecular complexity index is 563. The van der Waals surface area contributed by atoms with Gasteiger partial charge >= 0.3 is 0 Å². The molecule has 1 amide bonds. The summed E-state index contributed by atoms with van der Waals surface area (Å²) < 4.78 is 0. The van der Waals surface area contributed by atoms with Crippen LogP contribution in [0.5, 0.6) is 0 Å². The van der Waals surface area contributed by atoms with Gasteiger partial charge in [0.1, 0.15) is 0 Å². The second-order valence-corrected chi connectivity index (χ2v) is 4.80. The zero-order chi connectivity index (χ0) is 13.7. The normalized spacial score (nSPS) is 10.6. The molecule has 2 aromatic rings. The number of pyridine rings is 1. The van der Waals surface area contributed by atoms with E-state index >= 15 is 0 Å². The molecule has 2 rings (SSSR count). The predicted octanol–water partition coefficient (Wildman–Crippen LogP) is 3.15. The summed E-state index contributed by atoms with van der Waals surface area (Å²) in [7, 11) is 0. The van der Waals surface area contributed by atoms with Gasteiger partial charge < -0.3 is 4.90 Å². The quantitative estimate of drug-likeness (QED) is 0.794. The van der Waals surface area contributed by atoms with E-state index in [1.54, 1.807) is 17.2 Å². The summed E-state index contributed by atoms with van der Waals surface area (Å²) in [6.45, 7) is 0.980. The van der Waals surface area contributed by atoms with E-state index in [1.807, 2.05) is 24.3 Å². The molecule has 5 heteroatoms. The number of halogens is 2. The summed E-state index contributed by atoms with van der Waals surface area (Å²) in [6, 6.07) is 9.32. The minimum absolute atomic E-state index is 0.0556. The maximum Gasteiger partial charge on any atom is 0.254 e. The number of carbonyl (C=O) groups excluding carboxylic acids is 1. The number of carbonyl (C=O) groups is 1. The largest absolute Gasteiger partial charge is 0.336 e. The van der Waals surface area contributed by atoms with Gasteiger partial charge in [-0.1, -0.05) is 18.2 Å². The number of hydrogen-bond donors (Lipinski definition) is 0. The number of benzene rings is 1. The first-order valence-electron chi connectivity index (χ1n) is 6.03. The molecule has 0 atom stereocenters. The molecule has 19 heavy (non-hydrogen) atoms. The number of hydrogen-bond acceptors (Lipinski definition) is 2. The van der Waals surface area contributed by atoms with Gasteiger partial charge in [0, 0.05) is 36.4 Å². The summed E-state index contributed by atoms with van der Waals surface area (Å²) in [5.74, 6) is 0.733. The number of rotatable bonds is 5. The lowest BCUT2D eigenvalue weighted by Crippen LogP contribution is -2.34. The molecule has 3 nitrogen and oxygen atoms in total. The van der Waals surface area contributed by atoms with Crippen LogP contribution >= 0.6 is 23.2 Å². The Hall–Kier alpha value is -1.32. The van der Waals surface area contributed by atoms with Crippen LogP contribution in [0, 0.1) is 0 Å². The first kappa shape index (κ1) is 14.1. The van der Waals surface area contributed by atoms with Crippen molar-refractivity contribution in [2.24, 2.45) is 0 Å². The third-order valence-corrected chi connectivity index (χ3v) is 3.21. The predicted molar refractivity (Wildman–Crippen MR) is 79.1 cm³/mol. The molecule has 1 aromatic carbocycles. The van der Waals surface area contributed by atoms with E-state index in [9.17, 15) is 4.79 Å². The minimum atomic E-state index is -0.0556. The van der Waals surface area contributed by atoms with Crippen molar-refractivity contribution in [3.05, 3.63) is 42.1 Å². The highest BCUT2D eigenvalue weighted by Gasteiger charge is 2.17. The number of aromatic nitrogens is 1. The maximum atomic E-state index is 12.5. The molecule has 0 saturated carbocycles. The van der Waals surface area contributed by atoms with E-state index in [0.29, 0.717) is 30.4 Å². The summed E-state index contributed by atoms with van der Waals surface area (Å²) in [4.78, 5) is 18.4. The zero-order valence-electron chi connectivity index (χ0n) is 10.4. The van der Waals surface area contributed by atoms with Crippen molar-refractivity contribution in [3.8, 4) is 0 Å². The molecule has 0 N–H and O–H groups in total. The monoisotopic (exact) mass is 296 g/mol. The lowest BCUT2D eigenvalue weighted by Gasteiger charge is -2.21. The highest BCUT2D eigenvalue weighted by atomic mass is 35.5. The smallest absolute Gasteiger partial charge is 0.254 e. The third-order valence-electron chi connectivity index (χ3n) is 2.88. The summed E-state index contributed by atoms with van der Waals surface area (Å²) in [5, 5.41) is 0.851.